The molecule has 2 amide bonds. The average molecular weight is 353 g/mol. The van der Waals surface area contributed by atoms with Crippen molar-refractivity contribution >= 4 is 21.7 Å². The van der Waals surface area contributed by atoms with Gasteiger partial charge in [-0.25, -0.2) is 8.42 Å². The molecule has 7 nitrogen and oxygen atoms in total. The third kappa shape index (κ3) is 4.53. The highest BCUT2D eigenvalue weighted by Gasteiger charge is 2.33. The van der Waals surface area contributed by atoms with E-state index in [-0.39, 0.29) is 35.1 Å². The van der Waals surface area contributed by atoms with Crippen molar-refractivity contribution in [1.82, 2.24) is 15.2 Å². The molecule has 1 N–H and O–H groups in total. The molecule has 0 radical (unpaired) electrons. The molecule has 1 aromatic heterocycles. The number of aromatic nitrogens is 1. The van der Waals surface area contributed by atoms with Crippen LogP contribution in [0.4, 0.5) is 0 Å². The van der Waals surface area contributed by atoms with Crippen molar-refractivity contribution in [2.24, 2.45) is 0 Å². The van der Waals surface area contributed by atoms with Crippen LogP contribution in [0.25, 0.3) is 0 Å². The fourth-order valence-electron chi connectivity index (χ4n) is 2.61. The Morgan fingerprint density at radius 1 is 1.42 bits per heavy atom. The summed E-state index contributed by atoms with van der Waals surface area (Å²) in [7, 11) is -1.47. The van der Waals surface area contributed by atoms with Crippen LogP contribution < -0.4 is 5.32 Å². The van der Waals surface area contributed by atoms with Crippen LogP contribution in [0.3, 0.4) is 0 Å². The van der Waals surface area contributed by atoms with Gasteiger partial charge in [0.2, 0.25) is 0 Å². The van der Waals surface area contributed by atoms with Gasteiger partial charge >= 0.3 is 0 Å². The maximum absolute atomic E-state index is 12.5. The van der Waals surface area contributed by atoms with Crippen LogP contribution in [0.15, 0.2) is 18.3 Å². The number of hydrogen-bond donors (Lipinski definition) is 1. The van der Waals surface area contributed by atoms with Crippen LogP contribution in [0.1, 0.15) is 47.0 Å². The summed E-state index contributed by atoms with van der Waals surface area (Å²) in [5.41, 5.74) is 0.516. The fraction of sp³-hybridized carbons (Fsp3) is 0.562. The first-order chi connectivity index (χ1) is 11.3. The van der Waals surface area contributed by atoms with E-state index < -0.39 is 9.84 Å². The van der Waals surface area contributed by atoms with Crippen LogP contribution in [-0.2, 0) is 9.84 Å². The average Bonchev–Trinajstić information content (AvgIpc) is 2.93. The lowest BCUT2D eigenvalue weighted by Crippen LogP contribution is -2.38. The predicted molar refractivity (Wildman–Crippen MR) is 90.6 cm³/mol. The minimum absolute atomic E-state index is 0.00924. The Balaban J connectivity index is 2.07. The molecule has 2 rings (SSSR count). The molecule has 2 heterocycles. The third-order valence-corrected chi connectivity index (χ3v) is 5.88. The summed E-state index contributed by atoms with van der Waals surface area (Å²) in [4.78, 5) is 30.0. The van der Waals surface area contributed by atoms with Crippen molar-refractivity contribution < 1.29 is 18.0 Å². The molecule has 0 bridgehead atoms. The number of amides is 2. The number of hydrogen-bond acceptors (Lipinski definition) is 5. The highest BCUT2D eigenvalue weighted by atomic mass is 32.2. The van der Waals surface area contributed by atoms with Gasteiger partial charge in [0.25, 0.3) is 11.8 Å². The van der Waals surface area contributed by atoms with Gasteiger partial charge in [0.05, 0.1) is 11.5 Å². The first-order valence-electron chi connectivity index (χ1n) is 8.06. The maximum Gasteiger partial charge on any atom is 0.269 e. The van der Waals surface area contributed by atoms with Gasteiger partial charge in [-0.2, -0.15) is 0 Å². The van der Waals surface area contributed by atoms with Crippen molar-refractivity contribution in [3.63, 3.8) is 0 Å². The first kappa shape index (κ1) is 18.4. The number of pyridine rings is 1. The molecule has 1 aromatic rings. The number of rotatable bonds is 6. The standard InChI is InChI=1S/C16H23N3O4S/c1-3-4-7-18-15(20)14-10-12(5-8-17-14)16(21)19(2)13-6-9-24(22,23)11-13/h5,8,10,13H,3-4,6-7,9,11H2,1-2H3,(H,18,20). The second-order valence-corrected chi connectivity index (χ2v) is 8.24. The Morgan fingerprint density at radius 2 is 2.17 bits per heavy atom. The third-order valence-electron chi connectivity index (χ3n) is 4.13. The van der Waals surface area contributed by atoms with Crippen LogP contribution in [0.5, 0.6) is 0 Å². The molecule has 0 aliphatic carbocycles. The molecule has 1 fully saturated rings. The zero-order valence-corrected chi connectivity index (χ0v) is 14.8. The monoisotopic (exact) mass is 353 g/mol. The molecule has 132 valence electrons. The topological polar surface area (TPSA) is 96.4 Å². The summed E-state index contributed by atoms with van der Waals surface area (Å²) in [5, 5.41) is 2.76. The molecule has 24 heavy (non-hydrogen) atoms. The quantitative estimate of drug-likeness (QED) is 0.766. The van der Waals surface area contributed by atoms with E-state index in [1.54, 1.807) is 7.05 Å². The molecule has 0 aromatic carbocycles. The number of carbonyl (C=O) groups excluding carboxylic acids is 2. The van der Waals surface area contributed by atoms with Gasteiger partial charge in [0, 0.05) is 31.4 Å². The van der Waals surface area contributed by atoms with Gasteiger partial charge in [-0.1, -0.05) is 13.3 Å². The minimum atomic E-state index is -3.06. The molecular formula is C16H23N3O4S. The van der Waals surface area contributed by atoms with E-state index in [4.69, 9.17) is 0 Å². The zero-order valence-electron chi connectivity index (χ0n) is 14.0. The van der Waals surface area contributed by atoms with Crippen LogP contribution in [-0.4, -0.2) is 61.3 Å². The molecule has 0 spiro atoms. The molecule has 8 heteroatoms. The summed E-state index contributed by atoms with van der Waals surface area (Å²) in [6.45, 7) is 2.60. The van der Waals surface area contributed by atoms with Crippen LogP contribution >= 0.6 is 0 Å². The Bertz CT molecular complexity index is 718. The predicted octanol–water partition coefficient (Wildman–Crippen LogP) is 0.871. The van der Waals surface area contributed by atoms with E-state index in [0.717, 1.165) is 12.8 Å². The first-order valence-corrected chi connectivity index (χ1v) is 9.88. The lowest BCUT2D eigenvalue weighted by atomic mass is 10.1. The van der Waals surface area contributed by atoms with Crippen molar-refractivity contribution in [3.05, 3.63) is 29.6 Å². The number of nitrogens with zero attached hydrogens (tertiary/aromatic N) is 2. The van der Waals surface area contributed by atoms with E-state index >= 15 is 0 Å². The minimum Gasteiger partial charge on any atom is -0.351 e. The molecule has 1 aliphatic heterocycles. The summed E-state index contributed by atoms with van der Waals surface area (Å²) in [6.07, 6.45) is 3.71. The van der Waals surface area contributed by atoms with Gasteiger partial charge < -0.3 is 10.2 Å². The fourth-order valence-corrected chi connectivity index (χ4v) is 4.38. The summed E-state index contributed by atoms with van der Waals surface area (Å²) < 4.78 is 23.1. The Kier molecular flexibility index (Phi) is 5.93. The summed E-state index contributed by atoms with van der Waals surface area (Å²) in [5.74, 6) is -0.521. The van der Waals surface area contributed by atoms with Crippen molar-refractivity contribution in [2.75, 3.05) is 25.1 Å². The highest BCUT2D eigenvalue weighted by molar-refractivity contribution is 7.91. The lowest BCUT2D eigenvalue weighted by molar-refractivity contribution is 0.0747. The molecular weight excluding hydrogens is 330 g/mol. The lowest BCUT2D eigenvalue weighted by Gasteiger charge is -2.23. The molecule has 1 aliphatic rings. The summed E-state index contributed by atoms with van der Waals surface area (Å²) >= 11 is 0. The molecule has 0 saturated carbocycles. The molecule has 1 unspecified atom stereocenters. The van der Waals surface area contributed by atoms with E-state index in [9.17, 15) is 18.0 Å². The number of unbranched alkanes of at least 4 members (excludes halogenated alkanes) is 1. The van der Waals surface area contributed by atoms with Gasteiger partial charge in [0.1, 0.15) is 5.69 Å². The normalized spacial score (nSPS) is 19.0. The molecule has 1 saturated heterocycles. The Morgan fingerprint density at radius 3 is 2.79 bits per heavy atom. The Hall–Kier alpha value is -1.96. The van der Waals surface area contributed by atoms with Crippen molar-refractivity contribution in [1.29, 1.82) is 0 Å². The second kappa shape index (κ2) is 7.74. The Labute approximate surface area is 142 Å². The smallest absolute Gasteiger partial charge is 0.269 e. The maximum atomic E-state index is 12.5. The second-order valence-electron chi connectivity index (χ2n) is 6.01. The molecule has 1 atom stereocenters. The summed E-state index contributed by atoms with van der Waals surface area (Å²) in [6, 6.07) is 2.66. The van der Waals surface area contributed by atoms with Gasteiger partial charge in [-0.3, -0.25) is 14.6 Å². The van der Waals surface area contributed by atoms with E-state index in [1.807, 2.05) is 6.92 Å². The highest BCUT2D eigenvalue weighted by Crippen LogP contribution is 2.18. The van der Waals surface area contributed by atoms with Crippen molar-refractivity contribution in [3.8, 4) is 0 Å². The van der Waals surface area contributed by atoms with E-state index in [0.29, 0.717) is 18.5 Å². The van der Waals surface area contributed by atoms with Crippen LogP contribution in [0.2, 0.25) is 0 Å². The largest absolute Gasteiger partial charge is 0.351 e. The van der Waals surface area contributed by atoms with Gasteiger partial charge in [-0.05, 0) is 25.0 Å². The number of nitrogens with one attached hydrogen (secondary N) is 1. The van der Waals surface area contributed by atoms with E-state index in [1.165, 1.54) is 23.2 Å². The van der Waals surface area contributed by atoms with Gasteiger partial charge in [0.15, 0.2) is 9.84 Å². The van der Waals surface area contributed by atoms with E-state index in [2.05, 4.69) is 10.3 Å². The number of sulfone groups is 1. The van der Waals surface area contributed by atoms with Gasteiger partial charge in [-0.15, -0.1) is 0 Å². The van der Waals surface area contributed by atoms with Crippen LogP contribution in [0, 0.1) is 0 Å². The van der Waals surface area contributed by atoms with Crippen molar-refractivity contribution in [2.45, 2.75) is 32.2 Å². The zero-order chi connectivity index (χ0) is 17.7. The number of carbonyl (C=O) groups is 2. The SMILES string of the molecule is CCCCNC(=O)c1cc(C(=O)N(C)C2CCS(=O)(=O)C2)ccn1.